The maximum absolute atomic E-state index is 5.87. The Labute approximate surface area is 88.9 Å². The molecule has 3 rings (SSSR count). The van der Waals surface area contributed by atoms with Crippen LogP contribution in [0.3, 0.4) is 0 Å². The summed E-state index contributed by atoms with van der Waals surface area (Å²) in [6.07, 6.45) is 6.80. The average molecular weight is 201 g/mol. The Morgan fingerprint density at radius 1 is 1.33 bits per heavy atom. The summed E-state index contributed by atoms with van der Waals surface area (Å²) >= 11 is 0. The van der Waals surface area contributed by atoms with Crippen LogP contribution < -0.4 is 5.73 Å². The van der Waals surface area contributed by atoms with Crippen LogP contribution >= 0.6 is 0 Å². The molecule has 3 nitrogen and oxygen atoms in total. The van der Waals surface area contributed by atoms with Crippen LogP contribution in [0.1, 0.15) is 29.8 Å². The Kier molecular flexibility index (Phi) is 1.75. The van der Waals surface area contributed by atoms with Crippen molar-refractivity contribution in [2.24, 2.45) is 0 Å². The molecular formula is C12H15N3. The van der Waals surface area contributed by atoms with Crippen molar-refractivity contribution < 1.29 is 0 Å². The molecule has 2 aromatic rings. The van der Waals surface area contributed by atoms with Gasteiger partial charge < -0.3 is 10.1 Å². The van der Waals surface area contributed by atoms with Gasteiger partial charge in [0.2, 0.25) is 0 Å². The Hall–Kier alpha value is -1.51. The molecule has 15 heavy (non-hydrogen) atoms. The maximum atomic E-state index is 5.87. The number of nitrogens with zero attached hydrogens (tertiary/aromatic N) is 2. The normalized spacial score (nSPS) is 15.5. The third kappa shape index (κ3) is 1.23. The van der Waals surface area contributed by atoms with Gasteiger partial charge in [-0.25, -0.2) is 4.98 Å². The molecule has 0 fully saturated rings. The summed E-state index contributed by atoms with van der Waals surface area (Å²) < 4.78 is 2.18. The number of fused-ring (bicyclic) bond motifs is 3. The Balaban J connectivity index is 2.37. The molecular weight excluding hydrogens is 186 g/mol. The van der Waals surface area contributed by atoms with E-state index < -0.39 is 0 Å². The van der Waals surface area contributed by atoms with E-state index >= 15 is 0 Å². The zero-order valence-corrected chi connectivity index (χ0v) is 8.95. The largest absolute Gasteiger partial charge is 0.398 e. The van der Waals surface area contributed by atoms with E-state index in [2.05, 4.69) is 11.3 Å². The van der Waals surface area contributed by atoms with Crippen molar-refractivity contribution in [3.05, 3.63) is 29.2 Å². The third-order valence-electron chi connectivity index (χ3n) is 3.18. The molecule has 0 bridgehead atoms. The Morgan fingerprint density at radius 2 is 2.13 bits per heavy atom. The topological polar surface area (TPSA) is 43.3 Å². The van der Waals surface area contributed by atoms with E-state index in [1.165, 1.54) is 29.8 Å². The van der Waals surface area contributed by atoms with Crippen molar-refractivity contribution in [1.82, 2.24) is 9.38 Å². The molecule has 78 valence electrons. The van der Waals surface area contributed by atoms with E-state index in [-0.39, 0.29) is 0 Å². The highest BCUT2D eigenvalue weighted by atomic mass is 15.0. The van der Waals surface area contributed by atoms with Crippen LogP contribution in [0.4, 0.5) is 5.69 Å². The third-order valence-corrected chi connectivity index (χ3v) is 3.18. The zero-order valence-electron chi connectivity index (χ0n) is 8.95. The van der Waals surface area contributed by atoms with E-state index in [1.807, 2.05) is 12.3 Å². The molecule has 1 aliphatic rings. The van der Waals surface area contributed by atoms with Crippen LogP contribution in [0, 0.1) is 6.92 Å². The lowest BCUT2D eigenvalue weighted by Gasteiger charge is -2.10. The predicted molar refractivity (Wildman–Crippen MR) is 61.0 cm³/mol. The molecule has 1 aliphatic carbocycles. The smallest absolute Gasteiger partial charge is 0.140 e. The van der Waals surface area contributed by atoms with Crippen molar-refractivity contribution in [3.8, 4) is 0 Å². The fourth-order valence-electron chi connectivity index (χ4n) is 2.48. The van der Waals surface area contributed by atoms with E-state index in [1.54, 1.807) is 0 Å². The summed E-state index contributed by atoms with van der Waals surface area (Å²) in [5.41, 5.74) is 11.6. The van der Waals surface area contributed by atoms with Crippen LogP contribution in [-0.4, -0.2) is 9.38 Å². The first-order valence-electron chi connectivity index (χ1n) is 5.51. The van der Waals surface area contributed by atoms with Gasteiger partial charge in [-0.2, -0.15) is 0 Å². The molecule has 0 atom stereocenters. The molecule has 2 aromatic heterocycles. The molecule has 0 aliphatic heterocycles. The van der Waals surface area contributed by atoms with Gasteiger partial charge in [0, 0.05) is 17.6 Å². The lowest BCUT2D eigenvalue weighted by Crippen LogP contribution is -2.04. The van der Waals surface area contributed by atoms with Gasteiger partial charge in [-0.3, -0.25) is 0 Å². The molecule has 0 radical (unpaired) electrons. The van der Waals surface area contributed by atoms with E-state index in [0.717, 1.165) is 24.2 Å². The minimum atomic E-state index is 0.825. The second-order valence-corrected chi connectivity index (χ2v) is 4.36. The number of pyridine rings is 1. The number of imidazole rings is 1. The van der Waals surface area contributed by atoms with Crippen molar-refractivity contribution in [2.45, 2.75) is 32.6 Å². The number of rotatable bonds is 0. The van der Waals surface area contributed by atoms with E-state index in [9.17, 15) is 0 Å². The quantitative estimate of drug-likeness (QED) is 0.709. The molecule has 0 amide bonds. The number of anilines is 1. The molecule has 3 heteroatoms. The second-order valence-electron chi connectivity index (χ2n) is 4.36. The van der Waals surface area contributed by atoms with Gasteiger partial charge in [0.15, 0.2) is 0 Å². The van der Waals surface area contributed by atoms with Crippen LogP contribution in [0.15, 0.2) is 12.3 Å². The molecule has 0 spiro atoms. The summed E-state index contributed by atoms with van der Waals surface area (Å²) in [4.78, 5) is 4.70. The lowest BCUT2D eigenvalue weighted by molar-refractivity contribution is 0.660. The highest BCUT2D eigenvalue weighted by Gasteiger charge is 2.16. The van der Waals surface area contributed by atoms with Gasteiger partial charge in [0.25, 0.3) is 0 Å². The second kappa shape index (κ2) is 2.99. The number of hydrogen-bond acceptors (Lipinski definition) is 2. The number of nitrogen functional groups attached to an aromatic ring is 1. The standard InChI is InChI=1S/C12H15N3/c1-8-6-9(13)7-15-11-5-3-2-4-10(11)14-12(8)15/h6-7H,2-5,13H2,1H3. The van der Waals surface area contributed by atoms with Crippen LogP contribution in [0.5, 0.6) is 0 Å². The number of aromatic nitrogens is 2. The van der Waals surface area contributed by atoms with E-state index in [4.69, 9.17) is 10.7 Å². The molecule has 2 N–H and O–H groups in total. The first kappa shape index (κ1) is 8.77. The molecule has 0 unspecified atom stereocenters. The fraction of sp³-hybridized carbons (Fsp3) is 0.417. The minimum absolute atomic E-state index is 0.825. The molecule has 0 aromatic carbocycles. The predicted octanol–water partition coefficient (Wildman–Crippen LogP) is 2.10. The maximum Gasteiger partial charge on any atom is 0.140 e. The molecule has 0 saturated heterocycles. The SMILES string of the molecule is Cc1cc(N)cn2c3c(nc12)CCCC3. The van der Waals surface area contributed by atoms with Crippen LogP contribution in [-0.2, 0) is 12.8 Å². The highest BCUT2D eigenvalue weighted by molar-refractivity contribution is 5.56. The lowest BCUT2D eigenvalue weighted by atomic mass is 10.0. The van der Waals surface area contributed by atoms with Crippen molar-refractivity contribution in [3.63, 3.8) is 0 Å². The summed E-state index contributed by atoms with van der Waals surface area (Å²) in [6, 6.07) is 1.99. The first-order chi connectivity index (χ1) is 7.25. The average Bonchev–Trinajstić information content (AvgIpc) is 2.57. The van der Waals surface area contributed by atoms with Crippen LogP contribution in [0.25, 0.3) is 5.65 Å². The van der Waals surface area contributed by atoms with Gasteiger partial charge in [-0.05, 0) is 44.2 Å². The minimum Gasteiger partial charge on any atom is -0.398 e. The van der Waals surface area contributed by atoms with Crippen molar-refractivity contribution in [1.29, 1.82) is 0 Å². The number of hydrogen-bond donors (Lipinski definition) is 1. The number of aryl methyl sites for hydroxylation is 3. The number of nitrogens with two attached hydrogens (primary N) is 1. The highest BCUT2D eigenvalue weighted by Crippen LogP contribution is 2.24. The Bertz CT molecular complexity index is 525. The van der Waals surface area contributed by atoms with Crippen LogP contribution in [0.2, 0.25) is 0 Å². The monoisotopic (exact) mass is 201 g/mol. The summed E-state index contributed by atoms with van der Waals surface area (Å²) in [5.74, 6) is 0. The van der Waals surface area contributed by atoms with Crippen molar-refractivity contribution in [2.75, 3.05) is 5.73 Å². The summed E-state index contributed by atoms with van der Waals surface area (Å²) in [5, 5.41) is 0. The first-order valence-corrected chi connectivity index (χ1v) is 5.51. The van der Waals surface area contributed by atoms with Crippen molar-refractivity contribution >= 4 is 11.3 Å². The summed E-state index contributed by atoms with van der Waals surface area (Å²) in [7, 11) is 0. The zero-order chi connectivity index (χ0) is 10.4. The van der Waals surface area contributed by atoms with Gasteiger partial charge in [-0.15, -0.1) is 0 Å². The van der Waals surface area contributed by atoms with Gasteiger partial charge in [-0.1, -0.05) is 0 Å². The van der Waals surface area contributed by atoms with Gasteiger partial charge >= 0.3 is 0 Å². The Morgan fingerprint density at radius 3 is 3.00 bits per heavy atom. The van der Waals surface area contributed by atoms with Gasteiger partial charge in [0.1, 0.15) is 5.65 Å². The molecule has 2 heterocycles. The van der Waals surface area contributed by atoms with E-state index in [0.29, 0.717) is 0 Å². The fourth-order valence-corrected chi connectivity index (χ4v) is 2.48. The summed E-state index contributed by atoms with van der Waals surface area (Å²) in [6.45, 7) is 2.07. The molecule has 0 saturated carbocycles. The van der Waals surface area contributed by atoms with Gasteiger partial charge in [0.05, 0.1) is 5.69 Å².